The van der Waals surface area contributed by atoms with E-state index >= 15 is 0 Å². The molecule has 0 spiro atoms. The largest absolute Gasteiger partial charge is 0.308 e. The number of nitrogens with zero attached hydrogens (tertiary/aromatic N) is 2. The summed E-state index contributed by atoms with van der Waals surface area (Å²) in [4.78, 5) is 4.92. The molecule has 3 heteroatoms. The number of nitrogens with one attached hydrogen (secondary N) is 1. The summed E-state index contributed by atoms with van der Waals surface area (Å²) >= 11 is 0. The van der Waals surface area contributed by atoms with Crippen molar-refractivity contribution in [2.45, 2.75) is 51.4 Å². The van der Waals surface area contributed by atoms with Crippen molar-refractivity contribution in [3.05, 3.63) is 48.0 Å². The van der Waals surface area contributed by atoms with Crippen molar-refractivity contribution in [1.29, 1.82) is 0 Å². The zero-order chi connectivity index (χ0) is 18.8. The van der Waals surface area contributed by atoms with Gasteiger partial charge in [0.25, 0.3) is 0 Å². The van der Waals surface area contributed by atoms with Crippen LogP contribution in [0, 0.1) is 11.8 Å². The average molecular weight is 366 g/mol. The lowest BCUT2D eigenvalue weighted by atomic mass is 9.95. The molecule has 4 rings (SSSR count). The maximum Gasteiger partial charge on any atom is 0.0573 e. The Balaban J connectivity index is 1.49. The predicted octanol–water partition coefficient (Wildman–Crippen LogP) is 4.33. The number of likely N-dealkylation sites (N-methyl/N-ethyl adjacent to an activating group) is 1. The normalized spacial score (nSPS) is 25.7. The third-order valence-electron chi connectivity index (χ3n) is 6.83. The van der Waals surface area contributed by atoms with Crippen LogP contribution in [0.4, 0.5) is 0 Å². The second-order valence-electron chi connectivity index (χ2n) is 9.04. The van der Waals surface area contributed by atoms with Gasteiger partial charge < -0.3 is 4.90 Å². The van der Waals surface area contributed by atoms with Gasteiger partial charge in [-0.05, 0) is 68.5 Å². The van der Waals surface area contributed by atoms with Crippen LogP contribution in [0.15, 0.2) is 42.5 Å². The van der Waals surface area contributed by atoms with Crippen LogP contribution in [0.5, 0.6) is 0 Å². The fourth-order valence-electron chi connectivity index (χ4n) is 5.25. The standard InChI is InChI=1S/C24H35N3/c1-18(25-24-16-19-11-12-21(24)15-19)27(14-13-26(2)3)17-22-9-6-8-20-7-4-5-10-23(20)22/h4-10,18-19,21,24-25H,11-17H2,1-3H3/t18-,19?,21?,24?/m1/s1. The monoisotopic (exact) mass is 365 g/mol. The highest BCUT2D eigenvalue weighted by molar-refractivity contribution is 5.85. The Morgan fingerprint density at radius 3 is 2.56 bits per heavy atom. The molecule has 2 aromatic rings. The molecule has 4 atom stereocenters. The van der Waals surface area contributed by atoms with E-state index in [1.54, 1.807) is 0 Å². The summed E-state index contributed by atoms with van der Waals surface area (Å²) in [6.07, 6.45) is 6.18. The van der Waals surface area contributed by atoms with Gasteiger partial charge in [-0.2, -0.15) is 0 Å². The van der Waals surface area contributed by atoms with E-state index in [1.807, 2.05) is 0 Å². The van der Waals surface area contributed by atoms with E-state index < -0.39 is 0 Å². The Bertz CT molecular complexity index is 751. The van der Waals surface area contributed by atoms with Crippen LogP contribution in [0.1, 0.15) is 38.2 Å². The van der Waals surface area contributed by atoms with E-state index in [2.05, 4.69) is 78.6 Å². The van der Waals surface area contributed by atoms with E-state index in [1.165, 1.54) is 42.0 Å². The summed E-state index contributed by atoms with van der Waals surface area (Å²) in [5.41, 5.74) is 1.44. The van der Waals surface area contributed by atoms with Gasteiger partial charge in [-0.25, -0.2) is 0 Å². The molecule has 0 amide bonds. The molecule has 0 heterocycles. The first kappa shape index (κ1) is 18.9. The minimum absolute atomic E-state index is 0.410. The van der Waals surface area contributed by atoms with Gasteiger partial charge in [-0.1, -0.05) is 48.9 Å². The molecule has 2 fully saturated rings. The lowest BCUT2D eigenvalue weighted by Crippen LogP contribution is -2.50. The van der Waals surface area contributed by atoms with Gasteiger partial charge in [-0.15, -0.1) is 0 Å². The van der Waals surface area contributed by atoms with Gasteiger partial charge in [0.2, 0.25) is 0 Å². The summed E-state index contributed by atoms with van der Waals surface area (Å²) in [6, 6.07) is 16.2. The third-order valence-corrected chi connectivity index (χ3v) is 6.83. The number of benzene rings is 2. The molecule has 0 saturated heterocycles. The van der Waals surface area contributed by atoms with E-state index in [0.29, 0.717) is 6.17 Å². The van der Waals surface area contributed by atoms with Gasteiger partial charge in [0.1, 0.15) is 0 Å². The lowest BCUT2D eigenvalue weighted by Gasteiger charge is -2.35. The van der Waals surface area contributed by atoms with Crippen LogP contribution in [-0.4, -0.2) is 49.2 Å². The summed E-state index contributed by atoms with van der Waals surface area (Å²) in [5, 5.41) is 6.74. The molecule has 1 N–H and O–H groups in total. The van der Waals surface area contributed by atoms with Crippen LogP contribution < -0.4 is 5.32 Å². The van der Waals surface area contributed by atoms with E-state index in [0.717, 1.165) is 37.5 Å². The van der Waals surface area contributed by atoms with Crippen LogP contribution in [-0.2, 0) is 6.54 Å². The summed E-state index contributed by atoms with van der Waals surface area (Å²) < 4.78 is 0. The summed E-state index contributed by atoms with van der Waals surface area (Å²) in [7, 11) is 4.34. The molecule has 3 unspecified atom stereocenters. The first-order valence-electron chi connectivity index (χ1n) is 10.7. The van der Waals surface area contributed by atoms with Crippen molar-refractivity contribution >= 4 is 10.8 Å². The fourth-order valence-corrected chi connectivity index (χ4v) is 5.25. The first-order valence-corrected chi connectivity index (χ1v) is 10.7. The number of hydrogen-bond donors (Lipinski definition) is 1. The molecule has 0 radical (unpaired) electrons. The van der Waals surface area contributed by atoms with E-state index in [-0.39, 0.29) is 0 Å². The van der Waals surface area contributed by atoms with Crippen molar-refractivity contribution in [2.24, 2.45) is 11.8 Å². The Morgan fingerprint density at radius 1 is 1.00 bits per heavy atom. The van der Waals surface area contributed by atoms with Gasteiger partial charge >= 0.3 is 0 Å². The minimum atomic E-state index is 0.410. The fraction of sp³-hybridized carbons (Fsp3) is 0.583. The molecule has 2 saturated carbocycles. The minimum Gasteiger partial charge on any atom is -0.308 e. The molecule has 0 aromatic heterocycles. The quantitative estimate of drug-likeness (QED) is 0.703. The summed E-state index contributed by atoms with van der Waals surface area (Å²) in [6.45, 7) is 5.55. The smallest absolute Gasteiger partial charge is 0.0573 e. The summed E-state index contributed by atoms with van der Waals surface area (Å²) in [5.74, 6) is 1.92. The SMILES string of the molecule is C[C@H](NC1CC2CCC1C2)N(CCN(C)C)Cc1cccc2ccccc12. The Kier molecular flexibility index (Phi) is 5.82. The van der Waals surface area contributed by atoms with E-state index in [4.69, 9.17) is 0 Å². The van der Waals surface area contributed by atoms with Gasteiger partial charge in [-0.3, -0.25) is 10.2 Å². The molecule has 0 aliphatic heterocycles. The second kappa shape index (κ2) is 8.30. The molecule has 2 aliphatic rings. The van der Waals surface area contributed by atoms with Crippen LogP contribution in [0.3, 0.4) is 0 Å². The molecule has 2 aromatic carbocycles. The van der Waals surface area contributed by atoms with Crippen molar-refractivity contribution in [3.63, 3.8) is 0 Å². The predicted molar refractivity (Wildman–Crippen MR) is 115 cm³/mol. The average Bonchev–Trinajstić information content (AvgIpc) is 3.28. The highest BCUT2D eigenvalue weighted by Gasteiger charge is 2.40. The molecular formula is C24H35N3. The Labute approximate surface area is 164 Å². The zero-order valence-corrected chi connectivity index (χ0v) is 17.2. The topological polar surface area (TPSA) is 18.5 Å². The zero-order valence-electron chi connectivity index (χ0n) is 17.2. The van der Waals surface area contributed by atoms with Gasteiger partial charge in [0.15, 0.2) is 0 Å². The highest BCUT2D eigenvalue weighted by atomic mass is 15.3. The van der Waals surface area contributed by atoms with E-state index in [9.17, 15) is 0 Å². The molecule has 27 heavy (non-hydrogen) atoms. The van der Waals surface area contributed by atoms with Crippen LogP contribution in [0.25, 0.3) is 10.8 Å². The number of fused-ring (bicyclic) bond motifs is 3. The molecule has 3 nitrogen and oxygen atoms in total. The van der Waals surface area contributed by atoms with Crippen LogP contribution >= 0.6 is 0 Å². The molecular weight excluding hydrogens is 330 g/mol. The lowest BCUT2D eigenvalue weighted by molar-refractivity contribution is 0.133. The Hall–Kier alpha value is -1.42. The van der Waals surface area contributed by atoms with Gasteiger partial charge in [0.05, 0.1) is 6.17 Å². The molecule has 2 aliphatic carbocycles. The first-order chi connectivity index (χ1) is 13.1. The molecule has 2 bridgehead atoms. The van der Waals surface area contributed by atoms with Crippen molar-refractivity contribution in [3.8, 4) is 0 Å². The van der Waals surface area contributed by atoms with Crippen molar-refractivity contribution in [2.75, 3.05) is 27.2 Å². The maximum atomic E-state index is 4.01. The van der Waals surface area contributed by atoms with Gasteiger partial charge in [0, 0.05) is 25.7 Å². The number of rotatable bonds is 8. The highest BCUT2D eigenvalue weighted by Crippen LogP contribution is 2.44. The Morgan fingerprint density at radius 2 is 1.81 bits per heavy atom. The van der Waals surface area contributed by atoms with Crippen LogP contribution in [0.2, 0.25) is 0 Å². The van der Waals surface area contributed by atoms with Crippen molar-refractivity contribution in [1.82, 2.24) is 15.1 Å². The third kappa shape index (κ3) is 4.37. The van der Waals surface area contributed by atoms with Crippen molar-refractivity contribution < 1.29 is 0 Å². The number of hydrogen-bond acceptors (Lipinski definition) is 3. The second-order valence-corrected chi connectivity index (χ2v) is 9.04. The molecule has 146 valence electrons. The maximum absolute atomic E-state index is 4.01.